The van der Waals surface area contributed by atoms with E-state index in [9.17, 15) is 0 Å². The SMILES string of the molecule is CCOc1cc(NCC2(SC)CCOCC2)ncn1. The highest BCUT2D eigenvalue weighted by molar-refractivity contribution is 8.00. The summed E-state index contributed by atoms with van der Waals surface area (Å²) in [5, 5.41) is 3.40. The van der Waals surface area contributed by atoms with E-state index in [1.807, 2.05) is 24.8 Å². The van der Waals surface area contributed by atoms with Gasteiger partial charge in [-0.1, -0.05) is 0 Å². The van der Waals surface area contributed by atoms with Crippen LogP contribution >= 0.6 is 11.8 Å². The second-order valence-corrected chi connectivity index (χ2v) is 5.80. The van der Waals surface area contributed by atoms with Gasteiger partial charge in [-0.05, 0) is 26.0 Å². The van der Waals surface area contributed by atoms with E-state index in [0.717, 1.165) is 38.4 Å². The van der Waals surface area contributed by atoms with E-state index < -0.39 is 0 Å². The minimum Gasteiger partial charge on any atom is -0.478 e. The van der Waals surface area contributed by atoms with Crippen molar-refractivity contribution in [2.45, 2.75) is 24.5 Å². The van der Waals surface area contributed by atoms with Gasteiger partial charge in [0, 0.05) is 30.6 Å². The molecule has 6 heteroatoms. The van der Waals surface area contributed by atoms with E-state index in [1.54, 1.807) is 0 Å². The van der Waals surface area contributed by atoms with Crippen molar-refractivity contribution in [3.63, 3.8) is 0 Å². The van der Waals surface area contributed by atoms with Crippen LogP contribution in [0.2, 0.25) is 0 Å². The Morgan fingerprint density at radius 1 is 1.42 bits per heavy atom. The minimum atomic E-state index is 0.245. The van der Waals surface area contributed by atoms with Crippen molar-refractivity contribution in [1.82, 2.24) is 9.97 Å². The number of ether oxygens (including phenoxy) is 2. The fourth-order valence-corrected chi connectivity index (χ4v) is 2.90. The van der Waals surface area contributed by atoms with Crippen LogP contribution in [0.25, 0.3) is 0 Å². The standard InChI is InChI=1S/C13H21N3O2S/c1-3-18-12-8-11(15-10-16-12)14-9-13(19-2)4-6-17-7-5-13/h8,10H,3-7,9H2,1-2H3,(H,14,15,16). The third-order valence-corrected chi connectivity index (χ3v) is 4.78. The van der Waals surface area contributed by atoms with Crippen LogP contribution in [0.4, 0.5) is 5.82 Å². The summed E-state index contributed by atoms with van der Waals surface area (Å²) in [5.41, 5.74) is 0. The summed E-state index contributed by atoms with van der Waals surface area (Å²) in [6, 6.07) is 1.84. The quantitative estimate of drug-likeness (QED) is 0.864. The van der Waals surface area contributed by atoms with Crippen LogP contribution in [-0.2, 0) is 4.74 Å². The molecule has 0 aliphatic carbocycles. The zero-order chi connectivity index (χ0) is 13.6. The Kier molecular flexibility index (Phi) is 5.27. The molecule has 5 nitrogen and oxygen atoms in total. The second kappa shape index (κ2) is 6.96. The number of nitrogens with zero attached hydrogens (tertiary/aromatic N) is 2. The molecule has 0 radical (unpaired) electrons. The maximum Gasteiger partial charge on any atom is 0.218 e. The first-order valence-electron chi connectivity index (χ1n) is 6.59. The molecular weight excluding hydrogens is 262 g/mol. The van der Waals surface area contributed by atoms with Gasteiger partial charge < -0.3 is 14.8 Å². The normalized spacial score (nSPS) is 18.0. The van der Waals surface area contributed by atoms with Crippen molar-refractivity contribution in [1.29, 1.82) is 0 Å². The summed E-state index contributed by atoms with van der Waals surface area (Å²) in [6.45, 7) is 5.13. The van der Waals surface area contributed by atoms with E-state index in [4.69, 9.17) is 9.47 Å². The molecule has 0 amide bonds. The molecule has 1 fully saturated rings. The summed E-state index contributed by atoms with van der Waals surface area (Å²) in [4.78, 5) is 8.29. The first kappa shape index (κ1) is 14.4. The number of thioether (sulfide) groups is 1. The third kappa shape index (κ3) is 3.98. The lowest BCUT2D eigenvalue weighted by Gasteiger charge is -2.35. The van der Waals surface area contributed by atoms with Gasteiger partial charge in [0.05, 0.1) is 6.61 Å². The molecule has 1 aliphatic heterocycles. The van der Waals surface area contributed by atoms with Crippen molar-refractivity contribution in [3.05, 3.63) is 12.4 Å². The fourth-order valence-electron chi connectivity index (χ4n) is 2.11. The van der Waals surface area contributed by atoms with Gasteiger partial charge in [-0.25, -0.2) is 9.97 Å². The van der Waals surface area contributed by atoms with E-state index in [-0.39, 0.29) is 4.75 Å². The molecule has 0 atom stereocenters. The van der Waals surface area contributed by atoms with Crippen LogP contribution in [0.1, 0.15) is 19.8 Å². The van der Waals surface area contributed by atoms with Crippen LogP contribution in [0.3, 0.4) is 0 Å². The van der Waals surface area contributed by atoms with E-state index in [1.165, 1.54) is 6.33 Å². The van der Waals surface area contributed by atoms with Gasteiger partial charge in [-0.15, -0.1) is 0 Å². The van der Waals surface area contributed by atoms with Crippen molar-refractivity contribution in [2.75, 3.05) is 37.9 Å². The lowest BCUT2D eigenvalue weighted by molar-refractivity contribution is 0.0802. The Morgan fingerprint density at radius 3 is 2.89 bits per heavy atom. The van der Waals surface area contributed by atoms with Crippen molar-refractivity contribution < 1.29 is 9.47 Å². The number of anilines is 1. The molecule has 1 aromatic rings. The molecule has 0 aromatic carbocycles. The number of aromatic nitrogens is 2. The molecule has 106 valence electrons. The Morgan fingerprint density at radius 2 is 2.21 bits per heavy atom. The molecule has 0 bridgehead atoms. The molecular formula is C13H21N3O2S. The first-order valence-corrected chi connectivity index (χ1v) is 7.82. The van der Waals surface area contributed by atoms with Gasteiger partial charge in [0.2, 0.25) is 5.88 Å². The smallest absolute Gasteiger partial charge is 0.218 e. The van der Waals surface area contributed by atoms with Gasteiger partial charge in [0.25, 0.3) is 0 Å². The van der Waals surface area contributed by atoms with Crippen molar-refractivity contribution in [2.24, 2.45) is 0 Å². The summed E-state index contributed by atoms with van der Waals surface area (Å²) in [6.07, 6.45) is 5.84. The molecule has 1 N–H and O–H groups in total. The van der Waals surface area contributed by atoms with Gasteiger partial charge in [0.15, 0.2) is 0 Å². The number of hydrogen-bond donors (Lipinski definition) is 1. The Bertz CT molecular complexity index is 397. The lowest BCUT2D eigenvalue weighted by Crippen LogP contribution is -2.39. The predicted octanol–water partition coefficient (Wildman–Crippen LogP) is 2.20. The molecule has 2 rings (SSSR count). The number of hydrogen-bond acceptors (Lipinski definition) is 6. The van der Waals surface area contributed by atoms with Gasteiger partial charge in [-0.3, -0.25) is 0 Å². The highest BCUT2D eigenvalue weighted by atomic mass is 32.2. The Hall–Kier alpha value is -1.01. The largest absolute Gasteiger partial charge is 0.478 e. The van der Waals surface area contributed by atoms with Gasteiger partial charge >= 0.3 is 0 Å². The maximum absolute atomic E-state index is 5.44. The summed E-state index contributed by atoms with van der Waals surface area (Å²) in [7, 11) is 0. The Balaban J connectivity index is 1.94. The second-order valence-electron chi connectivity index (χ2n) is 4.53. The fraction of sp³-hybridized carbons (Fsp3) is 0.692. The molecule has 2 heterocycles. The zero-order valence-electron chi connectivity index (χ0n) is 11.5. The number of nitrogens with one attached hydrogen (secondary N) is 1. The summed E-state index contributed by atoms with van der Waals surface area (Å²) in [5.74, 6) is 1.43. The zero-order valence-corrected chi connectivity index (χ0v) is 12.3. The average Bonchev–Trinajstić information content (AvgIpc) is 2.47. The van der Waals surface area contributed by atoms with E-state index >= 15 is 0 Å². The Labute approximate surface area is 118 Å². The molecule has 1 aliphatic rings. The summed E-state index contributed by atoms with van der Waals surface area (Å²) < 4.78 is 11.1. The topological polar surface area (TPSA) is 56.3 Å². The van der Waals surface area contributed by atoms with Crippen LogP contribution in [0.5, 0.6) is 5.88 Å². The predicted molar refractivity (Wildman–Crippen MR) is 78.0 cm³/mol. The van der Waals surface area contributed by atoms with Crippen LogP contribution < -0.4 is 10.1 Å². The highest BCUT2D eigenvalue weighted by Crippen LogP contribution is 2.33. The first-order chi connectivity index (χ1) is 9.28. The molecule has 0 saturated carbocycles. The lowest BCUT2D eigenvalue weighted by atomic mass is 9.99. The van der Waals surface area contributed by atoms with Crippen LogP contribution in [0, 0.1) is 0 Å². The van der Waals surface area contributed by atoms with Crippen molar-refractivity contribution >= 4 is 17.6 Å². The minimum absolute atomic E-state index is 0.245. The molecule has 0 unspecified atom stereocenters. The highest BCUT2D eigenvalue weighted by Gasteiger charge is 2.31. The van der Waals surface area contributed by atoms with Crippen LogP contribution in [-0.4, -0.2) is 47.3 Å². The van der Waals surface area contributed by atoms with Crippen molar-refractivity contribution in [3.8, 4) is 5.88 Å². The van der Waals surface area contributed by atoms with E-state index in [2.05, 4.69) is 21.5 Å². The molecule has 19 heavy (non-hydrogen) atoms. The third-order valence-electron chi connectivity index (χ3n) is 3.36. The van der Waals surface area contributed by atoms with E-state index in [0.29, 0.717) is 12.5 Å². The summed E-state index contributed by atoms with van der Waals surface area (Å²) >= 11 is 1.91. The van der Waals surface area contributed by atoms with Gasteiger partial charge in [-0.2, -0.15) is 11.8 Å². The molecule has 1 aromatic heterocycles. The monoisotopic (exact) mass is 283 g/mol. The van der Waals surface area contributed by atoms with Crippen LogP contribution in [0.15, 0.2) is 12.4 Å². The van der Waals surface area contributed by atoms with Gasteiger partial charge in [0.1, 0.15) is 12.1 Å². The number of rotatable bonds is 6. The molecule has 1 saturated heterocycles. The average molecular weight is 283 g/mol. The maximum atomic E-state index is 5.44. The molecule has 0 spiro atoms.